The zero-order valence-corrected chi connectivity index (χ0v) is 11.8. The monoisotopic (exact) mass is 308 g/mol. The average molecular weight is 308 g/mol. The molecule has 4 aromatic rings. The van der Waals surface area contributed by atoms with E-state index in [1.165, 1.54) is 18.2 Å². The average Bonchev–Trinajstić information content (AvgIpc) is 3.00. The van der Waals surface area contributed by atoms with Gasteiger partial charge in [0.15, 0.2) is 0 Å². The van der Waals surface area contributed by atoms with Gasteiger partial charge in [0.1, 0.15) is 11.6 Å². The van der Waals surface area contributed by atoms with E-state index in [2.05, 4.69) is 15.0 Å². The summed E-state index contributed by atoms with van der Waals surface area (Å²) in [6.07, 6.45) is 6.24. The molecule has 4 rings (SSSR count). The summed E-state index contributed by atoms with van der Waals surface area (Å²) in [7, 11) is 0. The molecule has 0 radical (unpaired) electrons. The molecule has 0 unspecified atom stereocenters. The van der Waals surface area contributed by atoms with Crippen LogP contribution >= 0.6 is 0 Å². The Bertz CT molecular complexity index is 993. The molecule has 0 fully saturated rings. The number of fused-ring (bicyclic) bond motifs is 1. The predicted molar refractivity (Wildman–Crippen MR) is 81.6 cm³/mol. The van der Waals surface area contributed by atoms with Gasteiger partial charge in [-0.05, 0) is 36.4 Å². The van der Waals surface area contributed by atoms with Gasteiger partial charge in [-0.25, -0.2) is 18.7 Å². The lowest BCUT2D eigenvalue weighted by atomic mass is 10.0. The zero-order chi connectivity index (χ0) is 15.8. The largest absolute Gasteiger partial charge is 0.284 e. The molecule has 0 saturated carbocycles. The number of nitrogens with zero attached hydrogens (tertiary/aromatic N) is 4. The van der Waals surface area contributed by atoms with E-state index in [9.17, 15) is 8.78 Å². The van der Waals surface area contributed by atoms with Crippen molar-refractivity contribution in [3.8, 4) is 22.5 Å². The number of halogens is 2. The molecule has 3 heterocycles. The number of aromatic nitrogens is 4. The van der Waals surface area contributed by atoms with Crippen LogP contribution in [0, 0.1) is 11.6 Å². The number of hydrogen-bond acceptors (Lipinski definition) is 3. The number of imidazole rings is 1. The Kier molecular flexibility index (Phi) is 3.08. The number of pyridine rings is 1. The van der Waals surface area contributed by atoms with Crippen molar-refractivity contribution in [2.24, 2.45) is 0 Å². The van der Waals surface area contributed by atoms with Crippen LogP contribution in [0.1, 0.15) is 0 Å². The minimum Gasteiger partial charge on any atom is -0.284 e. The third-order valence-corrected chi connectivity index (χ3v) is 3.55. The van der Waals surface area contributed by atoms with Gasteiger partial charge < -0.3 is 0 Å². The molecule has 23 heavy (non-hydrogen) atoms. The van der Waals surface area contributed by atoms with E-state index >= 15 is 0 Å². The molecule has 3 aromatic heterocycles. The van der Waals surface area contributed by atoms with Crippen LogP contribution in [0.25, 0.3) is 28.3 Å². The first-order chi connectivity index (χ1) is 11.2. The van der Waals surface area contributed by atoms with Crippen molar-refractivity contribution in [2.75, 3.05) is 0 Å². The molecular weight excluding hydrogens is 298 g/mol. The fourth-order valence-corrected chi connectivity index (χ4v) is 2.46. The molecule has 0 amide bonds. The highest BCUT2D eigenvalue weighted by atomic mass is 19.1. The SMILES string of the molecule is Fc1ccc(-c2cc(-c3cnc4ncccn34)ccc2F)nc1. The van der Waals surface area contributed by atoms with Crippen LogP contribution in [0.3, 0.4) is 0 Å². The molecule has 0 saturated heterocycles. The maximum Gasteiger partial charge on any atom is 0.234 e. The molecule has 4 nitrogen and oxygen atoms in total. The minimum atomic E-state index is -0.460. The minimum absolute atomic E-state index is 0.307. The first-order valence-electron chi connectivity index (χ1n) is 6.92. The third-order valence-electron chi connectivity index (χ3n) is 3.55. The van der Waals surface area contributed by atoms with Crippen LogP contribution in [0.5, 0.6) is 0 Å². The highest BCUT2D eigenvalue weighted by Gasteiger charge is 2.12. The second-order valence-electron chi connectivity index (χ2n) is 4.99. The van der Waals surface area contributed by atoms with Crippen molar-refractivity contribution in [2.45, 2.75) is 0 Å². The topological polar surface area (TPSA) is 43.1 Å². The van der Waals surface area contributed by atoms with Gasteiger partial charge >= 0.3 is 0 Å². The van der Waals surface area contributed by atoms with Crippen molar-refractivity contribution in [1.29, 1.82) is 0 Å². The van der Waals surface area contributed by atoms with Crippen LogP contribution in [-0.2, 0) is 0 Å². The Labute approximate surface area is 130 Å². The zero-order valence-electron chi connectivity index (χ0n) is 11.8. The first-order valence-corrected chi connectivity index (χ1v) is 6.92. The molecular formula is C17H10F2N4. The molecule has 0 spiro atoms. The van der Waals surface area contributed by atoms with Gasteiger partial charge in [-0.15, -0.1) is 0 Å². The number of rotatable bonds is 2. The third kappa shape index (κ3) is 2.34. The summed E-state index contributed by atoms with van der Waals surface area (Å²) >= 11 is 0. The van der Waals surface area contributed by atoms with Gasteiger partial charge in [0.25, 0.3) is 0 Å². The van der Waals surface area contributed by atoms with Crippen LogP contribution in [0.2, 0.25) is 0 Å². The maximum atomic E-state index is 14.1. The molecule has 0 aliphatic heterocycles. The second kappa shape index (κ2) is 5.24. The van der Waals surface area contributed by atoms with E-state index in [4.69, 9.17) is 0 Å². The molecule has 0 aliphatic carbocycles. The quantitative estimate of drug-likeness (QED) is 0.566. The summed E-state index contributed by atoms with van der Waals surface area (Å²) in [6.45, 7) is 0. The van der Waals surface area contributed by atoms with Gasteiger partial charge in [-0.3, -0.25) is 9.38 Å². The van der Waals surface area contributed by atoms with E-state index in [0.717, 1.165) is 17.5 Å². The molecule has 0 atom stereocenters. The standard InChI is InChI=1S/C17H10F2N4/c18-12-3-5-15(21-9-12)13-8-11(2-4-14(13)19)16-10-22-17-20-6-1-7-23(16)17/h1-10H. The van der Waals surface area contributed by atoms with Crippen molar-refractivity contribution in [3.63, 3.8) is 0 Å². The second-order valence-corrected chi connectivity index (χ2v) is 4.99. The summed E-state index contributed by atoms with van der Waals surface area (Å²) in [4.78, 5) is 12.3. The molecule has 0 aliphatic rings. The number of hydrogen-bond donors (Lipinski definition) is 0. The fraction of sp³-hybridized carbons (Fsp3) is 0. The van der Waals surface area contributed by atoms with Gasteiger partial charge in [0.05, 0.1) is 23.8 Å². The van der Waals surface area contributed by atoms with Crippen molar-refractivity contribution < 1.29 is 8.78 Å². The van der Waals surface area contributed by atoms with E-state index in [0.29, 0.717) is 17.0 Å². The summed E-state index contributed by atoms with van der Waals surface area (Å²) < 4.78 is 29.0. The highest BCUT2D eigenvalue weighted by molar-refractivity contribution is 5.71. The Morgan fingerprint density at radius 1 is 0.913 bits per heavy atom. The summed E-state index contributed by atoms with van der Waals surface area (Å²) in [5.74, 6) is -0.314. The fourth-order valence-electron chi connectivity index (χ4n) is 2.46. The summed E-state index contributed by atoms with van der Waals surface area (Å²) in [6, 6.07) is 9.21. The number of benzene rings is 1. The Balaban J connectivity index is 1.88. The van der Waals surface area contributed by atoms with Gasteiger partial charge in [0.2, 0.25) is 5.78 Å². The molecule has 6 heteroatoms. The summed E-state index contributed by atoms with van der Waals surface area (Å²) in [5.41, 5.74) is 2.24. The van der Waals surface area contributed by atoms with Crippen LogP contribution in [0.15, 0.2) is 61.2 Å². The van der Waals surface area contributed by atoms with E-state index in [-0.39, 0.29) is 0 Å². The highest BCUT2D eigenvalue weighted by Crippen LogP contribution is 2.28. The van der Waals surface area contributed by atoms with Gasteiger partial charge in [-0.2, -0.15) is 0 Å². The van der Waals surface area contributed by atoms with Crippen molar-refractivity contribution >= 4 is 5.78 Å². The Morgan fingerprint density at radius 3 is 2.65 bits per heavy atom. The molecule has 0 N–H and O–H groups in total. The van der Waals surface area contributed by atoms with Crippen LogP contribution in [0.4, 0.5) is 8.78 Å². The smallest absolute Gasteiger partial charge is 0.234 e. The normalized spacial score (nSPS) is 11.0. The van der Waals surface area contributed by atoms with Crippen molar-refractivity contribution in [1.82, 2.24) is 19.4 Å². The van der Waals surface area contributed by atoms with Gasteiger partial charge in [-0.1, -0.05) is 0 Å². The van der Waals surface area contributed by atoms with E-state index < -0.39 is 11.6 Å². The Hall–Kier alpha value is -3.15. The van der Waals surface area contributed by atoms with Crippen LogP contribution < -0.4 is 0 Å². The Morgan fingerprint density at radius 2 is 1.83 bits per heavy atom. The van der Waals surface area contributed by atoms with Crippen LogP contribution in [-0.4, -0.2) is 19.4 Å². The lowest BCUT2D eigenvalue weighted by Gasteiger charge is -2.06. The molecule has 0 bridgehead atoms. The maximum absolute atomic E-state index is 14.1. The molecule has 112 valence electrons. The first kappa shape index (κ1) is 13.5. The van der Waals surface area contributed by atoms with E-state index in [1.807, 2.05) is 10.6 Å². The lowest BCUT2D eigenvalue weighted by Crippen LogP contribution is -1.93. The summed E-state index contributed by atoms with van der Waals surface area (Å²) in [5, 5.41) is 0. The molecule has 1 aromatic carbocycles. The predicted octanol–water partition coefficient (Wildman–Crippen LogP) is 3.74. The van der Waals surface area contributed by atoms with E-state index in [1.54, 1.807) is 30.6 Å². The lowest BCUT2D eigenvalue weighted by molar-refractivity contribution is 0.619. The van der Waals surface area contributed by atoms with Gasteiger partial charge in [0, 0.05) is 23.5 Å². The van der Waals surface area contributed by atoms with Crippen molar-refractivity contribution in [3.05, 3.63) is 72.8 Å².